The Morgan fingerprint density at radius 1 is 1.06 bits per heavy atom. The highest BCUT2D eigenvalue weighted by atomic mass is 35.5. The second-order valence-corrected chi connectivity index (χ2v) is 8.49. The molecule has 0 radical (unpaired) electrons. The molecule has 6 nitrogen and oxygen atoms in total. The summed E-state index contributed by atoms with van der Waals surface area (Å²) >= 11 is 6.38. The smallest absolute Gasteiger partial charge is 0.257 e. The van der Waals surface area contributed by atoms with Crippen LogP contribution in [0.4, 0.5) is 5.82 Å². The van der Waals surface area contributed by atoms with Crippen LogP contribution < -0.4 is 11.1 Å². The van der Waals surface area contributed by atoms with Gasteiger partial charge in [0.2, 0.25) is 0 Å². The molecule has 4 rings (SSSR count). The molecule has 0 atom stereocenters. The van der Waals surface area contributed by atoms with Gasteiger partial charge in [-0.05, 0) is 43.2 Å². The van der Waals surface area contributed by atoms with Gasteiger partial charge in [-0.2, -0.15) is 0 Å². The molecule has 2 aromatic carbocycles. The SMILES string of the molecule is CCCCCCCNC(=O)c1c(N)n(-c2ccc(C)c(Cl)c2)c2nc3ccccc3nc12. The van der Waals surface area contributed by atoms with E-state index in [0.29, 0.717) is 39.6 Å². The number of fused-ring (bicyclic) bond motifs is 2. The number of unbranched alkanes of at least 4 members (excludes halogenated alkanes) is 4. The number of rotatable bonds is 8. The molecule has 4 aromatic rings. The van der Waals surface area contributed by atoms with Crippen LogP contribution in [0.15, 0.2) is 42.5 Å². The zero-order chi connectivity index (χ0) is 22.7. The number of hydrogen-bond donors (Lipinski definition) is 2. The summed E-state index contributed by atoms with van der Waals surface area (Å²) < 4.78 is 1.76. The monoisotopic (exact) mass is 449 g/mol. The number of nitrogens with one attached hydrogen (secondary N) is 1. The summed E-state index contributed by atoms with van der Waals surface area (Å²) in [5.41, 5.74) is 11.1. The molecule has 0 saturated heterocycles. The van der Waals surface area contributed by atoms with Crippen LogP contribution in [0.25, 0.3) is 27.9 Å². The fraction of sp³-hybridized carbons (Fsp3) is 0.320. The van der Waals surface area contributed by atoms with E-state index in [1.165, 1.54) is 19.3 Å². The van der Waals surface area contributed by atoms with Gasteiger partial charge >= 0.3 is 0 Å². The molecular weight excluding hydrogens is 422 g/mol. The maximum atomic E-state index is 13.2. The maximum absolute atomic E-state index is 13.2. The van der Waals surface area contributed by atoms with Crippen LogP contribution in [0.3, 0.4) is 0 Å². The molecule has 0 aliphatic heterocycles. The third-order valence-corrected chi connectivity index (χ3v) is 6.11. The van der Waals surface area contributed by atoms with E-state index in [2.05, 4.69) is 12.2 Å². The zero-order valence-corrected chi connectivity index (χ0v) is 19.2. The number of aromatic nitrogens is 3. The first-order valence-electron chi connectivity index (χ1n) is 11.1. The summed E-state index contributed by atoms with van der Waals surface area (Å²) in [6.07, 6.45) is 5.62. The lowest BCUT2D eigenvalue weighted by molar-refractivity contribution is 0.0955. The van der Waals surface area contributed by atoms with Crippen molar-refractivity contribution in [2.45, 2.75) is 46.0 Å². The van der Waals surface area contributed by atoms with E-state index < -0.39 is 0 Å². The Bertz CT molecular complexity index is 1280. The molecular formula is C25H28ClN5O. The van der Waals surface area contributed by atoms with Crippen molar-refractivity contribution in [3.8, 4) is 5.69 Å². The van der Waals surface area contributed by atoms with E-state index in [1.54, 1.807) is 4.57 Å². The second-order valence-electron chi connectivity index (χ2n) is 8.08. The van der Waals surface area contributed by atoms with E-state index in [-0.39, 0.29) is 5.91 Å². The summed E-state index contributed by atoms with van der Waals surface area (Å²) in [6.45, 7) is 4.73. The Hall–Kier alpha value is -3.12. The van der Waals surface area contributed by atoms with Crippen molar-refractivity contribution in [2.75, 3.05) is 12.3 Å². The molecule has 0 unspecified atom stereocenters. The lowest BCUT2D eigenvalue weighted by Crippen LogP contribution is -2.25. The van der Waals surface area contributed by atoms with Crippen molar-refractivity contribution in [3.63, 3.8) is 0 Å². The first kappa shape index (κ1) is 22.1. The molecule has 1 amide bonds. The highest BCUT2D eigenvalue weighted by molar-refractivity contribution is 6.31. The number of carbonyl (C=O) groups excluding carboxylic acids is 1. The summed E-state index contributed by atoms with van der Waals surface area (Å²) in [4.78, 5) is 22.7. The minimum Gasteiger partial charge on any atom is -0.384 e. The highest BCUT2D eigenvalue weighted by Crippen LogP contribution is 2.32. The molecule has 0 aliphatic rings. The molecule has 0 spiro atoms. The number of aryl methyl sites for hydroxylation is 1. The van der Waals surface area contributed by atoms with E-state index >= 15 is 0 Å². The second kappa shape index (κ2) is 9.57. The Morgan fingerprint density at radius 2 is 1.78 bits per heavy atom. The number of carbonyl (C=O) groups is 1. The van der Waals surface area contributed by atoms with Crippen LogP contribution in [-0.2, 0) is 0 Å². The van der Waals surface area contributed by atoms with Crippen molar-refractivity contribution in [3.05, 3.63) is 58.6 Å². The third-order valence-electron chi connectivity index (χ3n) is 5.70. The lowest BCUT2D eigenvalue weighted by Gasteiger charge is -2.10. The summed E-state index contributed by atoms with van der Waals surface area (Å²) in [5, 5.41) is 3.64. The first-order chi connectivity index (χ1) is 15.5. The van der Waals surface area contributed by atoms with Gasteiger partial charge in [-0.3, -0.25) is 9.36 Å². The number of para-hydroxylation sites is 2. The summed E-state index contributed by atoms with van der Waals surface area (Å²) in [5.74, 6) is 0.0724. The van der Waals surface area contributed by atoms with Gasteiger partial charge in [-0.1, -0.05) is 62.4 Å². The Balaban J connectivity index is 1.78. The van der Waals surface area contributed by atoms with Gasteiger partial charge in [0, 0.05) is 11.6 Å². The van der Waals surface area contributed by atoms with Gasteiger partial charge in [0.1, 0.15) is 16.9 Å². The minimum atomic E-state index is -0.232. The lowest BCUT2D eigenvalue weighted by atomic mass is 10.1. The standard InChI is InChI=1S/C25H28ClN5O/c1-3-4-5-6-9-14-28-25(32)21-22-24(30-20-11-8-7-10-19(20)29-22)31(23(21)27)17-13-12-16(2)18(26)15-17/h7-8,10-13,15H,3-6,9,14,27H2,1-2H3,(H,28,32). The quantitative estimate of drug-likeness (QED) is 0.332. The largest absolute Gasteiger partial charge is 0.384 e. The average molecular weight is 450 g/mol. The Morgan fingerprint density at radius 3 is 2.50 bits per heavy atom. The Labute approximate surface area is 192 Å². The van der Waals surface area contributed by atoms with Crippen LogP contribution >= 0.6 is 11.6 Å². The molecule has 0 bridgehead atoms. The molecule has 3 N–H and O–H groups in total. The van der Waals surface area contributed by atoms with Gasteiger partial charge in [0.25, 0.3) is 5.91 Å². The Kier molecular flexibility index (Phi) is 6.61. The van der Waals surface area contributed by atoms with Crippen LogP contribution in [0.1, 0.15) is 54.9 Å². The van der Waals surface area contributed by atoms with E-state index in [4.69, 9.17) is 27.3 Å². The molecule has 2 heterocycles. The van der Waals surface area contributed by atoms with Crippen LogP contribution in [0.5, 0.6) is 0 Å². The maximum Gasteiger partial charge on any atom is 0.257 e. The average Bonchev–Trinajstić information content (AvgIpc) is 3.07. The van der Waals surface area contributed by atoms with Gasteiger partial charge in [0.05, 0.1) is 16.7 Å². The number of hydrogen-bond acceptors (Lipinski definition) is 4. The summed E-state index contributed by atoms with van der Waals surface area (Å²) in [7, 11) is 0. The van der Waals surface area contributed by atoms with E-state index in [1.807, 2.05) is 49.4 Å². The van der Waals surface area contributed by atoms with Gasteiger partial charge in [-0.25, -0.2) is 9.97 Å². The molecule has 0 aliphatic carbocycles. The van der Waals surface area contributed by atoms with Crippen LogP contribution in [0, 0.1) is 6.92 Å². The van der Waals surface area contributed by atoms with Crippen LogP contribution in [-0.4, -0.2) is 27.0 Å². The third kappa shape index (κ3) is 4.28. The topological polar surface area (TPSA) is 85.8 Å². The van der Waals surface area contributed by atoms with Crippen molar-refractivity contribution in [1.82, 2.24) is 19.9 Å². The van der Waals surface area contributed by atoms with Crippen molar-refractivity contribution >= 4 is 45.5 Å². The van der Waals surface area contributed by atoms with E-state index in [0.717, 1.165) is 29.6 Å². The molecule has 0 saturated carbocycles. The molecule has 166 valence electrons. The zero-order valence-electron chi connectivity index (χ0n) is 18.5. The fourth-order valence-corrected chi connectivity index (χ4v) is 4.06. The number of nitrogens with two attached hydrogens (primary N) is 1. The predicted molar refractivity (Wildman–Crippen MR) is 132 cm³/mol. The molecule has 7 heteroatoms. The first-order valence-corrected chi connectivity index (χ1v) is 11.5. The number of anilines is 1. The molecule has 2 aromatic heterocycles. The number of benzene rings is 2. The number of nitrogens with zero attached hydrogens (tertiary/aromatic N) is 3. The highest BCUT2D eigenvalue weighted by Gasteiger charge is 2.24. The van der Waals surface area contributed by atoms with Crippen molar-refractivity contribution < 1.29 is 4.79 Å². The number of amides is 1. The van der Waals surface area contributed by atoms with Crippen molar-refractivity contribution in [1.29, 1.82) is 0 Å². The van der Waals surface area contributed by atoms with Gasteiger partial charge < -0.3 is 11.1 Å². The van der Waals surface area contributed by atoms with Gasteiger partial charge in [-0.15, -0.1) is 0 Å². The van der Waals surface area contributed by atoms with Gasteiger partial charge in [0.15, 0.2) is 5.65 Å². The normalized spacial score (nSPS) is 11.3. The van der Waals surface area contributed by atoms with Crippen molar-refractivity contribution in [2.24, 2.45) is 0 Å². The molecule has 0 fully saturated rings. The fourth-order valence-electron chi connectivity index (χ4n) is 3.89. The minimum absolute atomic E-state index is 0.232. The summed E-state index contributed by atoms with van der Waals surface area (Å²) in [6, 6.07) is 13.3. The number of halogens is 1. The predicted octanol–water partition coefficient (Wildman–Crippen LogP) is 5.82. The van der Waals surface area contributed by atoms with E-state index in [9.17, 15) is 4.79 Å². The van der Waals surface area contributed by atoms with Crippen LogP contribution in [0.2, 0.25) is 5.02 Å². The number of nitrogen functional groups attached to an aromatic ring is 1. The molecule has 32 heavy (non-hydrogen) atoms.